The first-order valence-electron chi connectivity index (χ1n) is 10.8. The standard InChI is InChI=1S/C18H21FN4O.2C2HF3O2/c1-13-2-7-18(21-20-13)23-8-9-24-17-12-22(11-16(17)23)10-14-3-5-15(19)6-4-14;2*3-2(4,5)1(6)7/h2-7,16-17H,8-12H2,1H3;2*(H,6,7)/t16-,17+;;/m1../s1. The molecule has 2 saturated heterocycles. The van der Waals surface area contributed by atoms with Gasteiger partial charge in [-0.15, -0.1) is 5.10 Å². The number of benzene rings is 1. The highest BCUT2D eigenvalue weighted by molar-refractivity contribution is 5.73. The molecule has 2 aliphatic rings. The number of carboxylic acid groups (broad SMARTS) is 2. The van der Waals surface area contributed by atoms with Crippen molar-refractivity contribution in [2.75, 3.05) is 31.1 Å². The number of anilines is 1. The molecule has 0 bridgehead atoms. The van der Waals surface area contributed by atoms with E-state index in [1.54, 1.807) is 0 Å². The quantitative estimate of drug-likeness (QED) is 0.550. The first-order valence-corrected chi connectivity index (χ1v) is 10.8. The Morgan fingerprint density at radius 3 is 1.97 bits per heavy atom. The number of aromatic nitrogens is 2. The Hall–Kier alpha value is -3.53. The zero-order valence-electron chi connectivity index (χ0n) is 19.7. The minimum atomic E-state index is -5.08. The lowest BCUT2D eigenvalue weighted by molar-refractivity contribution is -0.193. The third-order valence-corrected chi connectivity index (χ3v) is 5.26. The first-order chi connectivity index (χ1) is 17.6. The van der Waals surface area contributed by atoms with Gasteiger partial charge in [-0.25, -0.2) is 14.0 Å². The molecule has 0 aliphatic carbocycles. The van der Waals surface area contributed by atoms with Crippen LogP contribution >= 0.6 is 0 Å². The van der Waals surface area contributed by atoms with Crippen LogP contribution in [0, 0.1) is 12.7 Å². The fourth-order valence-corrected chi connectivity index (χ4v) is 3.57. The van der Waals surface area contributed by atoms with Crippen LogP contribution in [0.3, 0.4) is 0 Å². The number of alkyl halides is 6. The van der Waals surface area contributed by atoms with Gasteiger partial charge in [-0.3, -0.25) is 4.90 Å². The van der Waals surface area contributed by atoms with Crippen molar-refractivity contribution >= 4 is 17.8 Å². The molecule has 2 N–H and O–H groups in total. The molecule has 4 rings (SSSR count). The van der Waals surface area contributed by atoms with Crippen LogP contribution in [0.2, 0.25) is 0 Å². The minimum absolute atomic E-state index is 0.183. The van der Waals surface area contributed by atoms with Gasteiger partial charge in [0.25, 0.3) is 0 Å². The molecule has 0 unspecified atom stereocenters. The Kier molecular flexibility index (Phi) is 10.4. The molecule has 1 aromatic heterocycles. The van der Waals surface area contributed by atoms with Crippen molar-refractivity contribution in [2.45, 2.75) is 38.0 Å². The fourth-order valence-electron chi connectivity index (χ4n) is 3.57. The van der Waals surface area contributed by atoms with E-state index in [0.717, 1.165) is 43.3 Å². The van der Waals surface area contributed by atoms with Crippen LogP contribution in [-0.4, -0.2) is 88.0 Å². The molecule has 0 saturated carbocycles. The zero-order chi connectivity index (χ0) is 28.7. The van der Waals surface area contributed by atoms with E-state index >= 15 is 0 Å². The predicted octanol–water partition coefficient (Wildman–Crippen LogP) is 3.28. The molecule has 210 valence electrons. The van der Waals surface area contributed by atoms with Gasteiger partial charge in [-0.2, -0.15) is 31.4 Å². The van der Waals surface area contributed by atoms with Crippen molar-refractivity contribution in [3.8, 4) is 0 Å². The average Bonchev–Trinajstić information content (AvgIpc) is 3.23. The van der Waals surface area contributed by atoms with E-state index in [9.17, 15) is 30.7 Å². The summed E-state index contributed by atoms with van der Waals surface area (Å²) in [6, 6.07) is 11.1. The van der Waals surface area contributed by atoms with Crippen molar-refractivity contribution in [3.05, 3.63) is 53.5 Å². The summed E-state index contributed by atoms with van der Waals surface area (Å²) < 4.78 is 82.5. The summed E-state index contributed by atoms with van der Waals surface area (Å²) in [5.74, 6) is -4.79. The van der Waals surface area contributed by atoms with Gasteiger partial charge in [0.15, 0.2) is 5.82 Å². The third-order valence-electron chi connectivity index (χ3n) is 5.26. The normalized spacial score (nSPS) is 19.4. The number of likely N-dealkylation sites (tertiary alicyclic amines) is 1. The zero-order valence-corrected chi connectivity index (χ0v) is 19.7. The van der Waals surface area contributed by atoms with Gasteiger partial charge in [0.2, 0.25) is 0 Å². The van der Waals surface area contributed by atoms with Gasteiger partial charge in [0.1, 0.15) is 5.82 Å². The number of aliphatic carboxylic acids is 2. The predicted molar refractivity (Wildman–Crippen MR) is 117 cm³/mol. The number of carbonyl (C=O) groups is 2. The molecule has 2 atom stereocenters. The maximum atomic E-state index is 13.1. The number of nitrogens with zero attached hydrogens (tertiary/aromatic N) is 4. The minimum Gasteiger partial charge on any atom is -0.475 e. The van der Waals surface area contributed by atoms with Crippen molar-refractivity contribution in [1.82, 2.24) is 15.1 Å². The van der Waals surface area contributed by atoms with E-state index in [4.69, 9.17) is 24.5 Å². The highest BCUT2D eigenvalue weighted by Crippen LogP contribution is 2.27. The summed E-state index contributed by atoms with van der Waals surface area (Å²) in [5.41, 5.74) is 2.05. The second-order valence-corrected chi connectivity index (χ2v) is 8.13. The molecule has 38 heavy (non-hydrogen) atoms. The second kappa shape index (κ2) is 12.8. The van der Waals surface area contributed by atoms with Crippen LogP contribution in [-0.2, 0) is 20.9 Å². The smallest absolute Gasteiger partial charge is 0.475 e. The molecular formula is C22H23F7N4O5. The summed E-state index contributed by atoms with van der Waals surface area (Å²) in [6.07, 6.45) is -9.98. The molecule has 2 aromatic rings. The van der Waals surface area contributed by atoms with Gasteiger partial charge < -0.3 is 19.8 Å². The number of fused-ring (bicyclic) bond motifs is 1. The van der Waals surface area contributed by atoms with E-state index in [2.05, 4.69) is 20.0 Å². The number of rotatable bonds is 3. The van der Waals surface area contributed by atoms with Crippen LogP contribution in [0.1, 0.15) is 11.3 Å². The maximum Gasteiger partial charge on any atom is 0.490 e. The Morgan fingerprint density at radius 1 is 0.947 bits per heavy atom. The largest absolute Gasteiger partial charge is 0.490 e. The summed E-state index contributed by atoms with van der Waals surface area (Å²) >= 11 is 0. The Bertz CT molecular complexity index is 1040. The summed E-state index contributed by atoms with van der Waals surface area (Å²) in [6.45, 7) is 6.10. The number of ether oxygens (including phenoxy) is 1. The molecule has 16 heteroatoms. The number of aryl methyl sites for hydroxylation is 1. The second-order valence-electron chi connectivity index (χ2n) is 8.13. The molecule has 0 amide bonds. The first kappa shape index (κ1) is 30.7. The van der Waals surface area contributed by atoms with Gasteiger partial charge in [-0.1, -0.05) is 12.1 Å². The number of halogens is 7. The van der Waals surface area contributed by atoms with Crippen molar-refractivity contribution in [3.63, 3.8) is 0 Å². The van der Waals surface area contributed by atoms with Crippen LogP contribution < -0.4 is 4.90 Å². The average molecular weight is 556 g/mol. The highest BCUT2D eigenvalue weighted by Gasteiger charge is 2.41. The SMILES string of the molecule is Cc1ccc(N2CCO[C@H]3CN(Cc4ccc(F)cc4)C[C@H]32)nn1.O=C(O)C(F)(F)F.O=C(O)C(F)(F)F. The summed E-state index contributed by atoms with van der Waals surface area (Å²) in [5, 5.41) is 22.8. The summed E-state index contributed by atoms with van der Waals surface area (Å²) in [4.78, 5) is 22.5. The third kappa shape index (κ3) is 9.41. The van der Waals surface area contributed by atoms with Gasteiger partial charge in [0.05, 0.1) is 24.4 Å². The van der Waals surface area contributed by atoms with Crippen molar-refractivity contribution < 1.29 is 55.3 Å². The van der Waals surface area contributed by atoms with Crippen LogP contribution in [0.4, 0.5) is 36.6 Å². The van der Waals surface area contributed by atoms with Crippen LogP contribution in [0.15, 0.2) is 36.4 Å². The summed E-state index contributed by atoms with van der Waals surface area (Å²) in [7, 11) is 0. The maximum absolute atomic E-state index is 13.1. The highest BCUT2D eigenvalue weighted by atomic mass is 19.4. The van der Waals surface area contributed by atoms with E-state index in [0.29, 0.717) is 6.61 Å². The molecule has 9 nitrogen and oxygen atoms in total. The molecule has 0 radical (unpaired) electrons. The fraction of sp³-hybridized carbons (Fsp3) is 0.455. The molecular weight excluding hydrogens is 533 g/mol. The Labute approximate surface area is 211 Å². The van der Waals surface area contributed by atoms with Crippen molar-refractivity contribution in [1.29, 1.82) is 0 Å². The van der Waals surface area contributed by atoms with Crippen LogP contribution in [0.5, 0.6) is 0 Å². The van der Waals surface area contributed by atoms with Gasteiger partial charge >= 0.3 is 24.3 Å². The van der Waals surface area contributed by atoms with Crippen molar-refractivity contribution in [2.24, 2.45) is 0 Å². The number of hydrogen-bond acceptors (Lipinski definition) is 7. The number of hydrogen-bond donors (Lipinski definition) is 2. The Morgan fingerprint density at radius 2 is 1.50 bits per heavy atom. The van der Waals surface area contributed by atoms with E-state index in [1.807, 2.05) is 31.2 Å². The molecule has 0 spiro atoms. The lowest BCUT2D eigenvalue weighted by Crippen LogP contribution is -2.51. The molecule has 1 aromatic carbocycles. The lowest BCUT2D eigenvalue weighted by Gasteiger charge is -2.37. The van der Waals surface area contributed by atoms with E-state index in [1.165, 1.54) is 12.1 Å². The van der Waals surface area contributed by atoms with E-state index < -0.39 is 24.3 Å². The molecule has 3 heterocycles. The topological polar surface area (TPSA) is 116 Å². The van der Waals surface area contributed by atoms with Gasteiger partial charge in [-0.05, 0) is 36.8 Å². The lowest BCUT2D eigenvalue weighted by atomic mass is 10.1. The molecule has 2 aliphatic heterocycles. The Balaban J connectivity index is 0.000000301. The van der Waals surface area contributed by atoms with Crippen LogP contribution in [0.25, 0.3) is 0 Å². The molecule has 2 fully saturated rings. The van der Waals surface area contributed by atoms with E-state index in [-0.39, 0.29) is 18.0 Å². The van der Waals surface area contributed by atoms with Gasteiger partial charge in [0, 0.05) is 26.2 Å². The number of morpholine rings is 1. The monoisotopic (exact) mass is 556 g/mol. The number of carboxylic acids is 2.